The molecular weight excluding hydrogens is 146 g/mol. The van der Waals surface area contributed by atoms with Crippen LogP contribution in [0.2, 0.25) is 0 Å². The molecule has 0 spiro atoms. The molecule has 1 aliphatic rings. The minimum absolute atomic E-state index is 1.08. The van der Waals surface area contributed by atoms with Crippen LogP contribution in [0, 0.1) is 0 Å². The quantitative estimate of drug-likeness (QED) is 0.566. The van der Waals surface area contributed by atoms with Gasteiger partial charge in [-0.3, -0.25) is 0 Å². The molecule has 0 radical (unpaired) electrons. The van der Waals surface area contributed by atoms with Gasteiger partial charge in [-0.05, 0) is 25.0 Å². The van der Waals surface area contributed by atoms with E-state index in [2.05, 4.69) is 44.6 Å². The van der Waals surface area contributed by atoms with E-state index in [0.717, 1.165) is 12.8 Å². The smallest absolute Gasteiger partial charge is 0.0600 e. The summed E-state index contributed by atoms with van der Waals surface area (Å²) < 4.78 is 0. The highest BCUT2D eigenvalue weighted by molar-refractivity contribution is 5.31. The highest BCUT2D eigenvalue weighted by Gasteiger charge is 2.07. The average molecular weight is 163 g/mol. The summed E-state index contributed by atoms with van der Waals surface area (Å²) in [5.41, 5.74) is 7.51. The molecule has 0 N–H and O–H groups in total. The molecule has 0 aromatic heterocycles. The zero-order valence-corrected chi connectivity index (χ0v) is 8.44. The Morgan fingerprint density at radius 3 is 2.67 bits per heavy atom. The van der Waals surface area contributed by atoms with Gasteiger partial charge < -0.3 is 4.90 Å². The van der Waals surface area contributed by atoms with Gasteiger partial charge in [0.05, 0.1) is 5.70 Å². The standard InChI is InChI=1S/C11H17N/c1-5-10-8-11(12(3)4)7-6-9(10)2/h6H,5,8H2,1-4H3. The summed E-state index contributed by atoms with van der Waals surface area (Å²) in [5.74, 6) is 0. The third-order valence-electron chi connectivity index (χ3n) is 2.36. The topological polar surface area (TPSA) is 3.24 Å². The summed E-state index contributed by atoms with van der Waals surface area (Å²) in [6.07, 6.45) is 4.32. The molecule has 0 bridgehead atoms. The molecule has 66 valence electrons. The van der Waals surface area contributed by atoms with Crippen molar-refractivity contribution in [2.45, 2.75) is 26.7 Å². The van der Waals surface area contributed by atoms with Crippen molar-refractivity contribution in [2.75, 3.05) is 14.1 Å². The van der Waals surface area contributed by atoms with Gasteiger partial charge in [0.25, 0.3) is 0 Å². The van der Waals surface area contributed by atoms with Gasteiger partial charge >= 0.3 is 0 Å². The number of allylic oxidation sites excluding steroid dienone is 2. The largest absolute Gasteiger partial charge is 0.374 e. The van der Waals surface area contributed by atoms with Crippen LogP contribution in [0.25, 0.3) is 0 Å². The van der Waals surface area contributed by atoms with Gasteiger partial charge in [0, 0.05) is 20.5 Å². The fraction of sp³-hybridized carbons (Fsp3) is 0.545. The van der Waals surface area contributed by atoms with Crippen molar-refractivity contribution in [3.05, 3.63) is 28.7 Å². The number of rotatable bonds is 2. The summed E-state index contributed by atoms with van der Waals surface area (Å²) in [4.78, 5) is 2.14. The molecule has 0 fully saturated rings. The van der Waals surface area contributed by atoms with Gasteiger partial charge in [0.15, 0.2) is 0 Å². The molecule has 1 rings (SSSR count). The monoisotopic (exact) mass is 163 g/mol. The Bertz CT molecular complexity index is 263. The lowest BCUT2D eigenvalue weighted by atomic mass is 9.98. The fourth-order valence-electron chi connectivity index (χ4n) is 1.38. The van der Waals surface area contributed by atoms with Gasteiger partial charge in [-0.2, -0.15) is 0 Å². The van der Waals surface area contributed by atoms with Crippen LogP contribution >= 0.6 is 0 Å². The minimum Gasteiger partial charge on any atom is -0.374 e. The normalized spacial score (nSPS) is 16.5. The molecule has 0 aromatic carbocycles. The van der Waals surface area contributed by atoms with Crippen LogP contribution in [0.15, 0.2) is 28.7 Å². The maximum Gasteiger partial charge on any atom is 0.0600 e. The summed E-state index contributed by atoms with van der Waals surface area (Å²) in [5, 5.41) is 0. The Labute approximate surface area is 75.1 Å². The fourth-order valence-corrected chi connectivity index (χ4v) is 1.38. The number of nitrogens with zero attached hydrogens (tertiary/aromatic N) is 1. The predicted octanol–water partition coefficient (Wildman–Crippen LogP) is 2.72. The van der Waals surface area contributed by atoms with Gasteiger partial charge in [0.2, 0.25) is 0 Å². The number of hydrogen-bond donors (Lipinski definition) is 0. The maximum atomic E-state index is 3.29. The van der Waals surface area contributed by atoms with Crippen LogP contribution in [0.4, 0.5) is 0 Å². The molecule has 0 unspecified atom stereocenters. The molecule has 1 aliphatic carbocycles. The molecule has 1 nitrogen and oxygen atoms in total. The molecule has 0 heterocycles. The average Bonchev–Trinajstić information content (AvgIpc) is 2.05. The first-order valence-electron chi connectivity index (χ1n) is 4.46. The highest BCUT2D eigenvalue weighted by atomic mass is 15.1. The molecule has 0 atom stereocenters. The molecule has 0 saturated carbocycles. The summed E-state index contributed by atoms with van der Waals surface area (Å²) in [6.45, 7) is 4.38. The van der Waals surface area contributed by atoms with E-state index in [9.17, 15) is 0 Å². The lowest BCUT2D eigenvalue weighted by Crippen LogP contribution is -2.12. The second-order valence-electron chi connectivity index (χ2n) is 3.45. The van der Waals surface area contributed by atoms with E-state index in [1.54, 1.807) is 0 Å². The first-order chi connectivity index (χ1) is 5.65. The lowest BCUT2D eigenvalue weighted by molar-refractivity contribution is 0.495. The van der Waals surface area contributed by atoms with Crippen molar-refractivity contribution < 1.29 is 0 Å². The van der Waals surface area contributed by atoms with Crippen LogP contribution in [0.5, 0.6) is 0 Å². The van der Waals surface area contributed by atoms with E-state index in [4.69, 9.17) is 0 Å². The first kappa shape index (κ1) is 9.15. The third kappa shape index (κ3) is 1.80. The third-order valence-corrected chi connectivity index (χ3v) is 2.36. The molecule has 0 aromatic rings. The van der Waals surface area contributed by atoms with E-state index in [1.165, 1.54) is 16.8 Å². The summed E-state index contributed by atoms with van der Waals surface area (Å²) in [7, 11) is 4.15. The van der Waals surface area contributed by atoms with E-state index in [1.807, 2.05) is 0 Å². The Morgan fingerprint density at radius 2 is 2.17 bits per heavy atom. The second kappa shape index (κ2) is 3.64. The first-order valence-corrected chi connectivity index (χ1v) is 4.46. The van der Waals surface area contributed by atoms with E-state index in [-0.39, 0.29) is 0 Å². The van der Waals surface area contributed by atoms with Gasteiger partial charge in [0.1, 0.15) is 0 Å². The van der Waals surface area contributed by atoms with Crippen LogP contribution in [-0.2, 0) is 0 Å². The van der Waals surface area contributed by atoms with Crippen LogP contribution < -0.4 is 0 Å². The zero-order valence-electron chi connectivity index (χ0n) is 8.44. The Morgan fingerprint density at radius 1 is 1.50 bits per heavy atom. The highest BCUT2D eigenvalue weighted by Crippen LogP contribution is 2.22. The zero-order chi connectivity index (χ0) is 9.14. The van der Waals surface area contributed by atoms with Crippen molar-refractivity contribution in [3.8, 4) is 0 Å². The van der Waals surface area contributed by atoms with Crippen molar-refractivity contribution >= 4 is 0 Å². The Balaban J connectivity index is 2.87. The SMILES string of the molecule is CCC1=C(C)C=C=C(N(C)C)C1. The molecule has 0 aliphatic heterocycles. The molecule has 0 saturated heterocycles. The molecule has 1 heteroatoms. The Hall–Kier alpha value is -0.940. The van der Waals surface area contributed by atoms with Crippen molar-refractivity contribution in [1.29, 1.82) is 0 Å². The van der Waals surface area contributed by atoms with Gasteiger partial charge in [-0.1, -0.05) is 18.2 Å². The molecule has 0 amide bonds. The van der Waals surface area contributed by atoms with Crippen molar-refractivity contribution in [3.63, 3.8) is 0 Å². The van der Waals surface area contributed by atoms with E-state index in [0.29, 0.717) is 0 Å². The predicted molar refractivity (Wildman–Crippen MR) is 52.9 cm³/mol. The van der Waals surface area contributed by atoms with E-state index >= 15 is 0 Å². The maximum absolute atomic E-state index is 3.29. The van der Waals surface area contributed by atoms with Crippen LogP contribution in [-0.4, -0.2) is 19.0 Å². The Kier molecular flexibility index (Phi) is 2.78. The number of hydrogen-bond acceptors (Lipinski definition) is 1. The second-order valence-corrected chi connectivity index (χ2v) is 3.45. The van der Waals surface area contributed by atoms with Crippen molar-refractivity contribution in [2.24, 2.45) is 0 Å². The van der Waals surface area contributed by atoms with E-state index < -0.39 is 0 Å². The van der Waals surface area contributed by atoms with Gasteiger partial charge in [-0.25, -0.2) is 0 Å². The summed E-state index contributed by atoms with van der Waals surface area (Å²) >= 11 is 0. The van der Waals surface area contributed by atoms with Crippen LogP contribution in [0.3, 0.4) is 0 Å². The van der Waals surface area contributed by atoms with Gasteiger partial charge in [-0.15, -0.1) is 0 Å². The minimum atomic E-state index is 1.08. The lowest BCUT2D eigenvalue weighted by Gasteiger charge is -2.19. The molecule has 12 heavy (non-hydrogen) atoms. The molecular formula is C11H17N. The van der Waals surface area contributed by atoms with Crippen molar-refractivity contribution in [1.82, 2.24) is 4.90 Å². The summed E-state index contributed by atoms with van der Waals surface area (Å²) in [6, 6.07) is 0. The van der Waals surface area contributed by atoms with Crippen LogP contribution in [0.1, 0.15) is 26.7 Å².